The van der Waals surface area contributed by atoms with Crippen LogP contribution in [0.3, 0.4) is 0 Å². The van der Waals surface area contributed by atoms with Gasteiger partial charge in [-0.1, -0.05) is 18.9 Å². The van der Waals surface area contributed by atoms with Crippen molar-refractivity contribution in [3.05, 3.63) is 47.2 Å². The number of fused-ring (bicyclic) bond motifs is 2. The molecule has 2 aromatic carbocycles. The van der Waals surface area contributed by atoms with Gasteiger partial charge in [-0.25, -0.2) is 13.8 Å². The molecule has 2 saturated heterocycles. The van der Waals surface area contributed by atoms with Crippen LogP contribution >= 0.6 is 0 Å². The predicted molar refractivity (Wildman–Crippen MR) is 167 cm³/mol. The number of aromatic nitrogens is 3. The van der Waals surface area contributed by atoms with Crippen molar-refractivity contribution in [1.29, 1.82) is 0 Å². The Balaban J connectivity index is 1.38. The molecule has 8 nitrogen and oxygen atoms in total. The van der Waals surface area contributed by atoms with E-state index >= 15 is 4.39 Å². The number of ether oxygens (including phenoxy) is 1. The first kappa shape index (κ1) is 28.7. The highest BCUT2D eigenvalue weighted by Crippen LogP contribution is 2.42. The standard InChI is InChI=1S/C34H36F2N6O2/c1-3-12-37-13-17-41-16-9-26-28-31(39-33(40-32(28)41)44-20-34-10-5-14-42(34)15-6-11-34)29(36)30(38-26)24-19-22(43)18-21-7-8-25(35)23(4-2)27(21)24/h2,7-8,18-19,37,43H,3,5-6,9-17,20H2,1H3. The quantitative estimate of drug-likeness (QED) is 0.201. The van der Waals surface area contributed by atoms with Gasteiger partial charge in [0.15, 0.2) is 5.82 Å². The summed E-state index contributed by atoms with van der Waals surface area (Å²) in [5.74, 6) is 1.61. The normalized spacial score (nSPS) is 17.4. The van der Waals surface area contributed by atoms with Crippen LogP contribution in [0.4, 0.5) is 14.6 Å². The summed E-state index contributed by atoms with van der Waals surface area (Å²) < 4.78 is 38.0. The van der Waals surface area contributed by atoms with E-state index in [0.717, 1.165) is 58.3 Å². The Hall–Kier alpha value is -4.07. The molecule has 7 rings (SSSR count). The van der Waals surface area contributed by atoms with Crippen LogP contribution in [0.2, 0.25) is 0 Å². The highest BCUT2D eigenvalue weighted by molar-refractivity contribution is 6.03. The minimum Gasteiger partial charge on any atom is -0.508 e. The van der Waals surface area contributed by atoms with Crippen LogP contribution in [-0.4, -0.2) is 76.4 Å². The van der Waals surface area contributed by atoms with Crippen molar-refractivity contribution >= 4 is 27.5 Å². The third kappa shape index (κ3) is 4.79. The molecule has 2 N–H and O–H groups in total. The molecule has 0 spiro atoms. The molecule has 10 heteroatoms. The van der Waals surface area contributed by atoms with Crippen molar-refractivity contribution in [2.45, 2.75) is 51.0 Å². The molecule has 0 saturated carbocycles. The van der Waals surface area contributed by atoms with Gasteiger partial charge in [0.25, 0.3) is 0 Å². The Morgan fingerprint density at radius 1 is 1.07 bits per heavy atom. The van der Waals surface area contributed by atoms with Crippen molar-refractivity contribution < 1.29 is 18.6 Å². The van der Waals surface area contributed by atoms with Crippen LogP contribution in [0, 0.1) is 24.0 Å². The largest absolute Gasteiger partial charge is 0.508 e. The maximum absolute atomic E-state index is 16.8. The van der Waals surface area contributed by atoms with E-state index in [-0.39, 0.29) is 39.6 Å². The second-order valence-corrected chi connectivity index (χ2v) is 12.1. The Labute approximate surface area is 255 Å². The van der Waals surface area contributed by atoms with Gasteiger partial charge in [-0.2, -0.15) is 9.97 Å². The number of anilines is 1. The van der Waals surface area contributed by atoms with E-state index in [4.69, 9.17) is 21.1 Å². The maximum atomic E-state index is 16.8. The summed E-state index contributed by atoms with van der Waals surface area (Å²) in [6.45, 7) is 7.69. The van der Waals surface area contributed by atoms with Gasteiger partial charge in [-0.3, -0.25) is 4.90 Å². The first-order valence-electron chi connectivity index (χ1n) is 15.6. The molecule has 0 amide bonds. The zero-order valence-electron chi connectivity index (χ0n) is 24.9. The number of aromatic hydroxyl groups is 1. The molecule has 2 fully saturated rings. The Morgan fingerprint density at radius 2 is 1.89 bits per heavy atom. The molecule has 3 aliphatic rings. The number of phenolic OH excluding ortho intramolecular Hbond substituents is 1. The lowest BCUT2D eigenvalue weighted by atomic mass is 9.95. The van der Waals surface area contributed by atoms with Gasteiger partial charge in [0.2, 0.25) is 0 Å². The smallest absolute Gasteiger partial charge is 0.319 e. The Morgan fingerprint density at radius 3 is 2.66 bits per heavy atom. The van der Waals surface area contributed by atoms with Gasteiger partial charge in [0.1, 0.15) is 35.2 Å². The van der Waals surface area contributed by atoms with Gasteiger partial charge in [-0.15, -0.1) is 6.42 Å². The van der Waals surface area contributed by atoms with E-state index in [1.165, 1.54) is 24.3 Å². The summed E-state index contributed by atoms with van der Waals surface area (Å²) in [4.78, 5) is 18.9. The van der Waals surface area contributed by atoms with E-state index in [9.17, 15) is 9.50 Å². The first-order chi connectivity index (χ1) is 21.4. The topological polar surface area (TPSA) is 86.6 Å². The number of nitrogens with zero attached hydrogens (tertiary/aromatic N) is 5. The van der Waals surface area contributed by atoms with E-state index in [1.807, 2.05) is 0 Å². The van der Waals surface area contributed by atoms with Gasteiger partial charge < -0.3 is 20.1 Å². The monoisotopic (exact) mass is 598 g/mol. The number of nitrogens with one attached hydrogen (secondary N) is 1. The third-order valence-electron chi connectivity index (χ3n) is 9.46. The molecular weight excluding hydrogens is 562 g/mol. The van der Waals surface area contributed by atoms with Crippen LogP contribution in [0.15, 0.2) is 24.3 Å². The van der Waals surface area contributed by atoms with E-state index in [1.54, 1.807) is 0 Å². The molecule has 4 aromatic rings. The van der Waals surface area contributed by atoms with E-state index < -0.39 is 11.6 Å². The average Bonchev–Trinajstić information content (AvgIpc) is 3.61. The SMILES string of the molecule is C#Cc1c(F)ccc2cc(O)cc(-c3nc4c5c(nc(OCC67CCCN6CCC7)nc5c3F)N(CCNCCC)CC4)c12. The lowest BCUT2D eigenvalue weighted by molar-refractivity contribution is 0.108. The minimum absolute atomic E-state index is 0.0115. The summed E-state index contributed by atoms with van der Waals surface area (Å²) in [7, 11) is 0. The highest BCUT2D eigenvalue weighted by atomic mass is 19.1. The van der Waals surface area contributed by atoms with E-state index in [2.05, 4.69) is 32.9 Å². The first-order valence-corrected chi connectivity index (χ1v) is 15.6. The van der Waals surface area contributed by atoms with Gasteiger partial charge in [-0.05, 0) is 75.3 Å². The fourth-order valence-corrected chi connectivity index (χ4v) is 7.35. The third-order valence-corrected chi connectivity index (χ3v) is 9.46. The second kappa shape index (κ2) is 11.5. The average molecular weight is 599 g/mol. The summed E-state index contributed by atoms with van der Waals surface area (Å²) in [5.41, 5.74) is 0.870. The van der Waals surface area contributed by atoms with Crippen molar-refractivity contribution in [3.8, 4) is 35.4 Å². The molecule has 228 valence electrons. The van der Waals surface area contributed by atoms with Gasteiger partial charge in [0, 0.05) is 37.0 Å². The molecule has 2 aromatic heterocycles. The lowest BCUT2D eigenvalue weighted by Crippen LogP contribution is -2.43. The zero-order chi connectivity index (χ0) is 30.4. The fourth-order valence-electron chi connectivity index (χ4n) is 7.35. The lowest BCUT2D eigenvalue weighted by Gasteiger charge is -2.32. The minimum atomic E-state index is -0.691. The van der Waals surface area contributed by atoms with Crippen molar-refractivity contribution in [3.63, 3.8) is 0 Å². The molecule has 0 aliphatic carbocycles. The molecule has 44 heavy (non-hydrogen) atoms. The number of phenols is 1. The summed E-state index contributed by atoms with van der Waals surface area (Å²) in [6, 6.07) is 5.76. The number of halogens is 2. The van der Waals surface area contributed by atoms with Crippen LogP contribution in [-0.2, 0) is 6.42 Å². The van der Waals surface area contributed by atoms with E-state index in [0.29, 0.717) is 53.8 Å². The fraction of sp³-hybridized carbons (Fsp3) is 0.441. The van der Waals surface area contributed by atoms with Crippen LogP contribution in [0.1, 0.15) is 50.3 Å². The molecule has 0 radical (unpaired) electrons. The zero-order valence-corrected chi connectivity index (χ0v) is 24.9. The van der Waals surface area contributed by atoms with Crippen molar-refractivity contribution in [2.75, 3.05) is 50.8 Å². The second-order valence-electron chi connectivity index (χ2n) is 12.1. The molecule has 5 heterocycles. The molecule has 0 bridgehead atoms. The number of rotatable bonds is 9. The Kier molecular flexibility index (Phi) is 7.47. The number of hydrogen-bond acceptors (Lipinski definition) is 8. The van der Waals surface area contributed by atoms with Crippen LogP contribution < -0.4 is 15.0 Å². The molecule has 3 aliphatic heterocycles. The maximum Gasteiger partial charge on any atom is 0.319 e. The molecule has 0 unspecified atom stereocenters. The highest BCUT2D eigenvalue weighted by Gasteiger charge is 2.45. The van der Waals surface area contributed by atoms with Crippen molar-refractivity contribution in [1.82, 2.24) is 25.2 Å². The molecular formula is C34H36F2N6O2. The van der Waals surface area contributed by atoms with Crippen LogP contribution in [0.25, 0.3) is 32.9 Å². The number of hydrogen-bond donors (Lipinski definition) is 2. The summed E-state index contributed by atoms with van der Waals surface area (Å²) >= 11 is 0. The van der Waals surface area contributed by atoms with Crippen LogP contribution in [0.5, 0.6) is 11.8 Å². The van der Waals surface area contributed by atoms with Gasteiger partial charge >= 0.3 is 6.01 Å². The Bertz CT molecular complexity index is 1800. The number of benzene rings is 2. The summed E-state index contributed by atoms with van der Waals surface area (Å²) in [6.07, 6.45) is 11.7. The molecule has 0 atom stereocenters. The van der Waals surface area contributed by atoms with Gasteiger partial charge in [0.05, 0.1) is 22.2 Å². The number of terminal acetylenes is 1. The predicted octanol–water partition coefficient (Wildman–Crippen LogP) is 5.18. The number of pyridine rings is 1. The summed E-state index contributed by atoms with van der Waals surface area (Å²) in [5, 5.41) is 15.4. The van der Waals surface area contributed by atoms with Crippen molar-refractivity contribution in [2.24, 2.45) is 0 Å².